The molecular formula is C24H26ClN3O4. The van der Waals surface area contributed by atoms with E-state index >= 15 is 0 Å². The second-order valence-corrected chi connectivity index (χ2v) is 7.89. The van der Waals surface area contributed by atoms with Gasteiger partial charge >= 0.3 is 6.03 Å². The average molecular weight is 456 g/mol. The second kappa shape index (κ2) is 9.78. The molecule has 0 aromatic heterocycles. The van der Waals surface area contributed by atoms with Crippen LogP contribution in [-0.2, 0) is 4.79 Å². The van der Waals surface area contributed by atoms with Crippen LogP contribution in [0, 0.1) is 13.8 Å². The largest absolute Gasteiger partial charge is 0.493 e. The number of rotatable bonds is 7. The van der Waals surface area contributed by atoms with Crippen molar-refractivity contribution < 1.29 is 19.1 Å². The number of carbonyl (C=O) groups is 2. The molecule has 7 nitrogen and oxygen atoms in total. The van der Waals surface area contributed by atoms with Gasteiger partial charge < -0.3 is 25.4 Å². The number of hydrogen-bond acceptors (Lipinski definition) is 4. The molecule has 8 heteroatoms. The number of urea groups is 1. The van der Waals surface area contributed by atoms with Gasteiger partial charge in [0.05, 0.1) is 18.7 Å². The van der Waals surface area contributed by atoms with Gasteiger partial charge in [0.25, 0.3) is 5.91 Å². The van der Waals surface area contributed by atoms with Crippen LogP contribution < -0.4 is 25.4 Å². The van der Waals surface area contributed by atoms with E-state index in [4.69, 9.17) is 21.1 Å². The maximum atomic E-state index is 13.3. The van der Waals surface area contributed by atoms with Crippen LogP contribution >= 0.6 is 11.6 Å². The van der Waals surface area contributed by atoms with Crippen molar-refractivity contribution in [3.05, 3.63) is 76.0 Å². The van der Waals surface area contributed by atoms with Crippen LogP contribution in [0.25, 0.3) is 0 Å². The molecule has 1 aliphatic rings. The summed E-state index contributed by atoms with van der Waals surface area (Å²) in [5.74, 6) is 0.388. The number of aryl methyl sites for hydroxylation is 2. The first-order valence-electron chi connectivity index (χ1n) is 10.0. The zero-order valence-electron chi connectivity index (χ0n) is 18.5. The molecule has 0 radical (unpaired) electrons. The van der Waals surface area contributed by atoms with Crippen molar-refractivity contribution in [2.45, 2.75) is 26.8 Å². The number of hydrogen-bond donors (Lipinski definition) is 3. The number of benzene rings is 2. The highest BCUT2D eigenvalue weighted by Crippen LogP contribution is 2.41. The first-order chi connectivity index (χ1) is 15.2. The number of ether oxygens (including phenoxy) is 2. The van der Waals surface area contributed by atoms with Crippen LogP contribution in [0.2, 0.25) is 5.02 Å². The Morgan fingerprint density at radius 2 is 1.97 bits per heavy atom. The van der Waals surface area contributed by atoms with Crippen LogP contribution in [0.3, 0.4) is 0 Å². The summed E-state index contributed by atoms with van der Waals surface area (Å²) >= 11 is 6.32. The summed E-state index contributed by atoms with van der Waals surface area (Å²) in [6.07, 6.45) is 1.59. The minimum Gasteiger partial charge on any atom is -0.493 e. The predicted octanol–water partition coefficient (Wildman–Crippen LogP) is 4.80. The lowest BCUT2D eigenvalue weighted by atomic mass is 9.93. The predicted molar refractivity (Wildman–Crippen MR) is 125 cm³/mol. The molecule has 2 aromatic rings. The highest BCUT2D eigenvalue weighted by molar-refractivity contribution is 6.31. The molecule has 1 aliphatic heterocycles. The van der Waals surface area contributed by atoms with Gasteiger partial charge in [-0.3, -0.25) is 4.79 Å². The quantitative estimate of drug-likeness (QED) is 0.523. The van der Waals surface area contributed by atoms with Crippen molar-refractivity contribution in [3.63, 3.8) is 0 Å². The van der Waals surface area contributed by atoms with Crippen molar-refractivity contribution >= 4 is 29.2 Å². The Kier molecular flexibility index (Phi) is 7.10. The van der Waals surface area contributed by atoms with Crippen molar-refractivity contribution in [3.8, 4) is 11.5 Å². The van der Waals surface area contributed by atoms with Gasteiger partial charge in [-0.05, 0) is 50.1 Å². The van der Waals surface area contributed by atoms with Crippen molar-refractivity contribution in [1.29, 1.82) is 0 Å². The number of halogens is 1. The molecule has 1 atom stereocenters. The van der Waals surface area contributed by atoms with Crippen molar-refractivity contribution in [2.24, 2.45) is 0 Å². The van der Waals surface area contributed by atoms with E-state index in [1.54, 1.807) is 25.1 Å². The summed E-state index contributed by atoms with van der Waals surface area (Å²) in [5.41, 5.74) is 4.08. The van der Waals surface area contributed by atoms with Crippen molar-refractivity contribution in [2.75, 3.05) is 19.0 Å². The van der Waals surface area contributed by atoms with Gasteiger partial charge in [0, 0.05) is 28.0 Å². The van der Waals surface area contributed by atoms with Crippen molar-refractivity contribution in [1.82, 2.24) is 10.6 Å². The fourth-order valence-corrected chi connectivity index (χ4v) is 3.71. The minimum absolute atomic E-state index is 0.205. The second-order valence-electron chi connectivity index (χ2n) is 7.45. The number of anilines is 1. The van der Waals surface area contributed by atoms with Crippen LogP contribution in [0.1, 0.15) is 29.7 Å². The lowest BCUT2D eigenvalue weighted by Crippen LogP contribution is -2.46. The first-order valence-corrected chi connectivity index (χ1v) is 10.4. The summed E-state index contributed by atoms with van der Waals surface area (Å²) < 4.78 is 11.3. The molecule has 0 spiro atoms. The van der Waals surface area contributed by atoms with Crippen LogP contribution in [0.4, 0.5) is 10.5 Å². The molecule has 0 saturated heterocycles. The standard InChI is InChI=1S/C24H26ClN3O4/c1-6-9-32-22-18(11-16(25)12-19(22)31-5)21-20(15(4)26-24(30)28-21)23(29)27-17-8-7-13(2)14(3)10-17/h6-8,10-12,21H,1,9H2,2-5H3,(H,27,29)(H2,26,28,30). The van der Waals surface area contributed by atoms with Gasteiger partial charge in [0.15, 0.2) is 11.5 Å². The van der Waals surface area contributed by atoms with E-state index in [0.29, 0.717) is 39.0 Å². The Balaban J connectivity index is 2.07. The lowest BCUT2D eigenvalue weighted by molar-refractivity contribution is -0.113. The van der Waals surface area contributed by atoms with Crippen LogP contribution in [-0.4, -0.2) is 25.7 Å². The molecule has 32 heavy (non-hydrogen) atoms. The van der Waals surface area contributed by atoms with Gasteiger partial charge in [-0.2, -0.15) is 0 Å². The number of methoxy groups -OCH3 is 1. The molecule has 1 unspecified atom stereocenters. The maximum absolute atomic E-state index is 13.3. The molecule has 3 rings (SSSR count). The molecule has 0 bridgehead atoms. The van der Waals surface area contributed by atoms with Gasteiger partial charge in [-0.15, -0.1) is 0 Å². The molecule has 0 fully saturated rings. The molecule has 0 aliphatic carbocycles. The SMILES string of the molecule is C=CCOc1c(OC)cc(Cl)cc1C1NC(=O)NC(C)=C1C(=O)Nc1ccc(C)c(C)c1. The molecule has 2 aromatic carbocycles. The summed E-state index contributed by atoms with van der Waals surface area (Å²) in [7, 11) is 1.49. The highest BCUT2D eigenvalue weighted by Gasteiger charge is 2.34. The van der Waals surface area contributed by atoms with E-state index in [2.05, 4.69) is 22.5 Å². The zero-order valence-corrected chi connectivity index (χ0v) is 19.2. The van der Waals surface area contributed by atoms with Crippen LogP contribution in [0.5, 0.6) is 11.5 Å². The third-order valence-corrected chi connectivity index (χ3v) is 5.42. The van der Waals surface area contributed by atoms with E-state index in [-0.39, 0.29) is 12.5 Å². The topological polar surface area (TPSA) is 88.7 Å². The average Bonchev–Trinajstić information content (AvgIpc) is 2.74. The van der Waals surface area contributed by atoms with E-state index in [0.717, 1.165) is 11.1 Å². The molecule has 1 heterocycles. The molecule has 3 N–H and O–H groups in total. The summed E-state index contributed by atoms with van der Waals surface area (Å²) in [4.78, 5) is 25.7. The summed E-state index contributed by atoms with van der Waals surface area (Å²) in [5, 5.41) is 8.77. The number of amides is 3. The summed E-state index contributed by atoms with van der Waals surface area (Å²) in [6, 6.07) is 7.67. The first kappa shape index (κ1) is 23.2. The third-order valence-electron chi connectivity index (χ3n) is 5.20. The Labute approximate surface area is 192 Å². The van der Waals surface area contributed by atoms with Gasteiger partial charge in [-0.25, -0.2) is 4.79 Å². The van der Waals surface area contributed by atoms with E-state index < -0.39 is 12.1 Å². The lowest BCUT2D eigenvalue weighted by Gasteiger charge is -2.30. The molecule has 0 saturated carbocycles. The Morgan fingerprint density at radius 3 is 2.62 bits per heavy atom. The fraction of sp³-hybridized carbons (Fsp3) is 0.250. The number of carbonyl (C=O) groups excluding carboxylic acids is 2. The Morgan fingerprint density at radius 1 is 1.22 bits per heavy atom. The fourth-order valence-electron chi connectivity index (χ4n) is 3.50. The van der Waals surface area contributed by atoms with E-state index in [1.165, 1.54) is 7.11 Å². The summed E-state index contributed by atoms with van der Waals surface area (Å²) in [6.45, 7) is 9.53. The van der Waals surface area contributed by atoms with Gasteiger partial charge in [-0.1, -0.05) is 30.3 Å². The third kappa shape index (κ3) is 4.89. The molecule has 168 valence electrons. The minimum atomic E-state index is -0.817. The smallest absolute Gasteiger partial charge is 0.319 e. The van der Waals surface area contributed by atoms with Gasteiger partial charge in [0.2, 0.25) is 0 Å². The van der Waals surface area contributed by atoms with Crippen LogP contribution in [0.15, 0.2) is 54.3 Å². The Hall–Kier alpha value is -3.45. The monoisotopic (exact) mass is 455 g/mol. The zero-order chi connectivity index (χ0) is 23.4. The normalized spacial score (nSPS) is 15.5. The van der Waals surface area contributed by atoms with E-state index in [1.807, 2.05) is 32.0 Å². The number of allylic oxidation sites excluding steroid dienone is 1. The Bertz CT molecular complexity index is 1110. The van der Waals surface area contributed by atoms with Gasteiger partial charge in [0.1, 0.15) is 6.61 Å². The molecule has 3 amide bonds. The van der Waals surface area contributed by atoms with E-state index in [9.17, 15) is 9.59 Å². The highest BCUT2D eigenvalue weighted by atomic mass is 35.5. The number of nitrogens with one attached hydrogen (secondary N) is 3. The maximum Gasteiger partial charge on any atom is 0.319 e. The molecular weight excluding hydrogens is 430 g/mol.